The number of carbonyl (C=O) groups excluding carboxylic acids is 1. The number of aromatic amines is 1. The van der Waals surface area contributed by atoms with Crippen molar-refractivity contribution in [3.63, 3.8) is 0 Å². The van der Waals surface area contributed by atoms with Gasteiger partial charge in [0.2, 0.25) is 0 Å². The fourth-order valence-corrected chi connectivity index (χ4v) is 2.91. The van der Waals surface area contributed by atoms with Crippen LogP contribution < -0.4 is 15.8 Å². The van der Waals surface area contributed by atoms with Crippen molar-refractivity contribution < 1.29 is 13.9 Å². The van der Waals surface area contributed by atoms with E-state index in [1.165, 1.54) is 0 Å². The van der Waals surface area contributed by atoms with Crippen molar-refractivity contribution >= 4 is 34.4 Å². The molecule has 0 aliphatic rings. The van der Waals surface area contributed by atoms with Crippen molar-refractivity contribution in [1.29, 1.82) is 0 Å². The molecule has 0 radical (unpaired) electrons. The average molecular weight is 404 g/mol. The predicted octanol–water partition coefficient (Wildman–Crippen LogP) is 2.73. The molecule has 8 nitrogen and oxygen atoms in total. The first kappa shape index (κ1) is 19.8. The number of carbonyl (C=O) groups is 1. The Morgan fingerprint density at radius 2 is 2.07 bits per heavy atom. The monoisotopic (exact) mass is 403 g/mol. The van der Waals surface area contributed by atoms with Gasteiger partial charge in [0.05, 0.1) is 17.1 Å². The van der Waals surface area contributed by atoms with E-state index < -0.39 is 5.91 Å². The molecule has 2 aromatic heterocycles. The SMILES string of the molecule is CNC(N)=NC(=O)c1cc2c(Cl)cc(OCc3ccc(CN(C)C)o3)cc2[nH]1. The van der Waals surface area contributed by atoms with Crippen LogP contribution in [0.15, 0.2) is 39.7 Å². The molecule has 0 aliphatic heterocycles. The van der Waals surface area contributed by atoms with E-state index >= 15 is 0 Å². The second-order valence-corrected chi connectivity index (χ2v) is 6.90. The number of rotatable bonds is 6. The third kappa shape index (κ3) is 4.65. The summed E-state index contributed by atoms with van der Waals surface area (Å²) in [4.78, 5) is 20.9. The number of hydrogen-bond acceptors (Lipinski definition) is 4. The molecule has 4 N–H and O–H groups in total. The van der Waals surface area contributed by atoms with Crippen molar-refractivity contribution in [3.8, 4) is 5.75 Å². The molecule has 148 valence electrons. The minimum atomic E-state index is -0.495. The van der Waals surface area contributed by atoms with Crippen molar-refractivity contribution in [2.24, 2.45) is 10.7 Å². The fourth-order valence-electron chi connectivity index (χ4n) is 2.64. The third-order valence-electron chi connectivity index (χ3n) is 3.94. The molecule has 0 fully saturated rings. The molecule has 0 aliphatic carbocycles. The molecule has 0 saturated carbocycles. The summed E-state index contributed by atoms with van der Waals surface area (Å²) in [6, 6.07) is 8.91. The lowest BCUT2D eigenvalue weighted by atomic mass is 10.2. The molecule has 3 rings (SSSR count). The molecule has 1 amide bonds. The Labute approximate surface area is 167 Å². The average Bonchev–Trinajstić information content (AvgIpc) is 3.26. The van der Waals surface area contributed by atoms with E-state index in [1.807, 2.05) is 31.1 Å². The quantitative estimate of drug-likeness (QED) is 0.431. The number of guanidine groups is 1. The van der Waals surface area contributed by atoms with Crippen LogP contribution in [-0.4, -0.2) is 42.9 Å². The van der Waals surface area contributed by atoms with E-state index in [-0.39, 0.29) is 18.3 Å². The molecule has 0 saturated heterocycles. The number of aromatic nitrogens is 1. The first-order valence-corrected chi connectivity index (χ1v) is 8.97. The Bertz CT molecular complexity index is 1020. The Hall–Kier alpha value is -2.97. The second kappa shape index (κ2) is 8.37. The van der Waals surface area contributed by atoms with E-state index in [0.29, 0.717) is 27.4 Å². The highest BCUT2D eigenvalue weighted by atomic mass is 35.5. The minimum absolute atomic E-state index is 0.0332. The third-order valence-corrected chi connectivity index (χ3v) is 4.25. The molecular formula is C19H22ClN5O3. The van der Waals surface area contributed by atoms with Crippen molar-refractivity contribution in [1.82, 2.24) is 15.2 Å². The number of aliphatic imine (C=N–C) groups is 1. The molecule has 2 heterocycles. The Kier molecular flexibility index (Phi) is 5.91. The van der Waals surface area contributed by atoms with E-state index in [1.54, 1.807) is 25.2 Å². The fraction of sp³-hybridized carbons (Fsp3) is 0.263. The summed E-state index contributed by atoms with van der Waals surface area (Å²) >= 11 is 6.34. The van der Waals surface area contributed by atoms with Crippen LogP contribution in [-0.2, 0) is 13.2 Å². The van der Waals surface area contributed by atoms with Gasteiger partial charge in [0, 0.05) is 18.5 Å². The summed E-state index contributed by atoms with van der Waals surface area (Å²) in [7, 11) is 5.54. The highest BCUT2D eigenvalue weighted by Crippen LogP contribution is 2.30. The van der Waals surface area contributed by atoms with Gasteiger partial charge < -0.3 is 30.1 Å². The van der Waals surface area contributed by atoms with Crippen LogP contribution in [0.2, 0.25) is 5.02 Å². The summed E-state index contributed by atoms with van der Waals surface area (Å²) in [6.45, 7) is 0.988. The molecule has 0 spiro atoms. The topological polar surface area (TPSA) is 109 Å². The van der Waals surface area contributed by atoms with Crippen LogP contribution in [0.5, 0.6) is 5.75 Å². The van der Waals surface area contributed by atoms with Gasteiger partial charge in [-0.3, -0.25) is 4.79 Å². The summed E-state index contributed by atoms with van der Waals surface area (Å²) in [5, 5.41) is 3.76. The summed E-state index contributed by atoms with van der Waals surface area (Å²) in [5.41, 5.74) is 6.48. The number of H-pyrrole nitrogens is 1. The zero-order valence-corrected chi connectivity index (χ0v) is 16.6. The summed E-state index contributed by atoms with van der Waals surface area (Å²) in [5.74, 6) is 1.68. The Morgan fingerprint density at radius 3 is 2.79 bits per heavy atom. The van der Waals surface area contributed by atoms with E-state index in [9.17, 15) is 4.79 Å². The lowest BCUT2D eigenvalue weighted by molar-refractivity contribution is 0.0998. The molecule has 0 bridgehead atoms. The second-order valence-electron chi connectivity index (χ2n) is 6.50. The normalized spacial score (nSPS) is 12.0. The van der Waals surface area contributed by atoms with Crippen LogP contribution in [0.1, 0.15) is 22.0 Å². The van der Waals surface area contributed by atoms with E-state index in [4.69, 9.17) is 26.5 Å². The van der Waals surface area contributed by atoms with Gasteiger partial charge in [-0.05, 0) is 38.4 Å². The molecule has 28 heavy (non-hydrogen) atoms. The number of hydrogen-bond donors (Lipinski definition) is 3. The lowest BCUT2D eigenvalue weighted by Crippen LogP contribution is -2.28. The van der Waals surface area contributed by atoms with Crippen LogP contribution in [0.3, 0.4) is 0 Å². The lowest BCUT2D eigenvalue weighted by Gasteiger charge is -2.07. The maximum Gasteiger partial charge on any atom is 0.296 e. The highest BCUT2D eigenvalue weighted by molar-refractivity contribution is 6.35. The van der Waals surface area contributed by atoms with Crippen LogP contribution in [0.4, 0.5) is 0 Å². The van der Waals surface area contributed by atoms with Crippen LogP contribution in [0.25, 0.3) is 10.9 Å². The molecule has 1 aromatic carbocycles. The first-order valence-electron chi connectivity index (χ1n) is 8.59. The van der Waals surface area contributed by atoms with Gasteiger partial charge in [0.1, 0.15) is 29.6 Å². The number of halogens is 1. The van der Waals surface area contributed by atoms with Gasteiger partial charge in [0.15, 0.2) is 5.96 Å². The van der Waals surface area contributed by atoms with Crippen LogP contribution >= 0.6 is 11.6 Å². The Balaban J connectivity index is 1.76. The largest absolute Gasteiger partial charge is 0.486 e. The van der Waals surface area contributed by atoms with Crippen molar-refractivity contribution in [2.45, 2.75) is 13.2 Å². The van der Waals surface area contributed by atoms with Gasteiger partial charge in [-0.25, -0.2) is 0 Å². The van der Waals surface area contributed by atoms with E-state index in [0.717, 1.165) is 12.3 Å². The van der Waals surface area contributed by atoms with Crippen molar-refractivity contribution in [2.75, 3.05) is 21.1 Å². The summed E-state index contributed by atoms with van der Waals surface area (Å²) in [6.07, 6.45) is 0. The van der Waals surface area contributed by atoms with Gasteiger partial charge >= 0.3 is 0 Å². The predicted molar refractivity (Wildman–Crippen MR) is 109 cm³/mol. The molecule has 9 heteroatoms. The highest BCUT2D eigenvalue weighted by Gasteiger charge is 2.13. The number of nitrogens with zero attached hydrogens (tertiary/aromatic N) is 2. The van der Waals surface area contributed by atoms with Gasteiger partial charge in [-0.2, -0.15) is 4.99 Å². The number of furan rings is 1. The first-order chi connectivity index (χ1) is 13.4. The zero-order valence-electron chi connectivity index (χ0n) is 15.9. The molecule has 0 atom stereocenters. The number of nitrogens with two attached hydrogens (primary N) is 1. The van der Waals surface area contributed by atoms with E-state index in [2.05, 4.69) is 15.3 Å². The maximum atomic E-state index is 12.1. The minimum Gasteiger partial charge on any atom is -0.486 e. The molecule has 0 unspecified atom stereocenters. The van der Waals surface area contributed by atoms with Crippen LogP contribution in [0, 0.1) is 0 Å². The number of fused-ring (bicyclic) bond motifs is 1. The smallest absolute Gasteiger partial charge is 0.296 e. The van der Waals surface area contributed by atoms with Gasteiger partial charge in [-0.1, -0.05) is 11.6 Å². The molecular weight excluding hydrogens is 382 g/mol. The summed E-state index contributed by atoms with van der Waals surface area (Å²) < 4.78 is 11.5. The standard InChI is InChI=1S/C19H22ClN5O3/c1-22-19(21)24-18(26)17-8-14-15(20)6-13(7-16(14)23-17)27-10-12-5-4-11(28-12)9-25(2)3/h4-8,23H,9-10H2,1-3H3,(H3,21,22,24,26). The number of benzene rings is 1. The molecule has 3 aromatic rings. The number of amides is 1. The number of nitrogens with one attached hydrogen (secondary N) is 2. The van der Waals surface area contributed by atoms with Gasteiger partial charge in [0.25, 0.3) is 5.91 Å². The zero-order chi connectivity index (χ0) is 20.3. The van der Waals surface area contributed by atoms with Crippen molar-refractivity contribution in [3.05, 3.63) is 52.6 Å². The number of ether oxygens (including phenoxy) is 1. The van der Waals surface area contributed by atoms with Gasteiger partial charge in [-0.15, -0.1) is 0 Å². The Morgan fingerprint density at radius 1 is 1.32 bits per heavy atom. The maximum absolute atomic E-state index is 12.1.